The van der Waals surface area contributed by atoms with Crippen molar-refractivity contribution in [3.05, 3.63) is 6.92 Å². The molecular weight excluding hydrogens is 150 g/mol. The zero-order valence-electron chi connectivity index (χ0n) is 9.09. The van der Waals surface area contributed by atoms with Gasteiger partial charge in [-0.25, -0.2) is 0 Å². The molecule has 0 unspecified atom stereocenters. The number of hydrogen-bond donors (Lipinski definition) is 1. The van der Waals surface area contributed by atoms with Crippen molar-refractivity contribution in [2.24, 2.45) is 5.73 Å². The zero-order chi connectivity index (χ0) is 10.1. The van der Waals surface area contributed by atoms with Crippen molar-refractivity contribution in [3.63, 3.8) is 0 Å². The highest BCUT2D eigenvalue weighted by Gasteiger charge is 2.00. The summed E-state index contributed by atoms with van der Waals surface area (Å²) in [4.78, 5) is 1.86. The smallest absolute Gasteiger partial charge is 0.343 e. The van der Waals surface area contributed by atoms with Crippen LogP contribution in [0.1, 0.15) is 19.8 Å². The van der Waals surface area contributed by atoms with Crippen LogP contribution in [0.5, 0.6) is 0 Å². The molecule has 0 aliphatic carbocycles. The first kappa shape index (κ1) is 13.8. The predicted octanol–water partition coefficient (Wildman–Crippen LogP) is 0.755. The molecule has 2 N–H and O–H groups in total. The Morgan fingerprint density at radius 1 is 1.42 bits per heavy atom. The molecule has 0 saturated heterocycles. The van der Waals surface area contributed by atoms with Gasteiger partial charge in [-0.2, -0.15) is 6.42 Å². The highest BCUT2D eigenvalue weighted by atomic mass is 15.2. The number of nitrogens with zero attached hydrogens (tertiary/aromatic N) is 2. The van der Waals surface area contributed by atoms with E-state index in [1.54, 1.807) is 0 Å². The van der Waals surface area contributed by atoms with Crippen molar-refractivity contribution >= 4 is 5.96 Å². The van der Waals surface area contributed by atoms with Gasteiger partial charge in [0.25, 0.3) is 0 Å². The lowest BCUT2D eigenvalue weighted by Gasteiger charge is -2.04. The van der Waals surface area contributed by atoms with Crippen molar-refractivity contribution in [3.8, 4) is 0 Å². The molecule has 0 aliphatic heterocycles. The zero-order valence-corrected chi connectivity index (χ0v) is 9.09. The van der Waals surface area contributed by atoms with E-state index in [-0.39, 0.29) is 0 Å². The molecule has 12 heavy (non-hydrogen) atoms. The van der Waals surface area contributed by atoms with E-state index in [4.69, 9.17) is 5.73 Å². The predicted molar refractivity (Wildman–Crippen MR) is 55.3 cm³/mol. The van der Waals surface area contributed by atoms with E-state index in [1.165, 1.54) is 6.42 Å². The van der Waals surface area contributed by atoms with Crippen LogP contribution in [0.4, 0.5) is 0 Å². The van der Waals surface area contributed by atoms with Crippen molar-refractivity contribution in [2.75, 3.05) is 28.2 Å². The SMILES string of the molecule is CN(C)C(N)=[N+](C)C.[CH2-]CCC. The van der Waals surface area contributed by atoms with Crippen LogP contribution in [0.15, 0.2) is 0 Å². The van der Waals surface area contributed by atoms with Crippen molar-refractivity contribution in [1.29, 1.82) is 0 Å². The lowest BCUT2D eigenvalue weighted by Crippen LogP contribution is -2.36. The van der Waals surface area contributed by atoms with Gasteiger partial charge in [0.2, 0.25) is 0 Å². The average molecular weight is 173 g/mol. The van der Waals surface area contributed by atoms with Crippen LogP contribution >= 0.6 is 0 Å². The Kier molecular flexibility index (Phi) is 9.65. The summed E-state index contributed by atoms with van der Waals surface area (Å²) in [5.74, 6) is 0.769. The van der Waals surface area contributed by atoms with Gasteiger partial charge in [0.05, 0.1) is 28.2 Å². The fourth-order valence-electron chi connectivity index (χ4n) is 0.400. The highest BCUT2D eigenvalue weighted by Crippen LogP contribution is 1.76. The maximum Gasteiger partial charge on any atom is 0.344 e. The molecule has 0 radical (unpaired) electrons. The van der Waals surface area contributed by atoms with E-state index in [0.717, 1.165) is 12.4 Å². The van der Waals surface area contributed by atoms with E-state index in [2.05, 4.69) is 13.8 Å². The number of unbranched alkanes of at least 4 members (excludes halogenated alkanes) is 1. The molecule has 0 aromatic heterocycles. The normalized spacial score (nSPS) is 8.17. The van der Waals surface area contributed by atoms with Crippen LogP contribution in [0, 0.1) is 6.92 Å². The molecule has 0 saturated carbocycles. The third kappa shape index (κ3) is 9.27. The van der Waals surface area contributed by atoms with Gasteiger partial charge in [-0.1, -0.05) is 13.3 Å². The first-order valence-electron chi connectivity index (χ1n) is 4.23. The highest BCUT2D eigenvalue weighted by molar-refractivity contribution is 5.72. The number of guanidine groups is 1. The second-order valence-electron chi connectivity index (χ2n) is 3.00. The molecule has 0 aromatic carbocycles. The van der Waals surface area contributed by atoms with Crippen molar-refractivity contribution < 1.29 is 4.58 Å². The van der Waals surface area contributed by atoms with Gasteiger partial charge in [-0.3, -0.25) is 15.2 Å². The summed E-state index contributed by atoms with van der Waals surface area (Å²) in [6.45, 7) is 5.72. The molecule has 0 atom stereocenters. The standard InChI is InChI=1S/C5H13N3.C4H9/c1-7(2)5(6)8(3)4;1-3-4-2/h6H,1-4H3;1,3-4H2,2H3/q;-1/p+1. The van der Waals surface area contributed by atoms with E-state index in [1.807, 2.05) is 37.7 Å². The van der Waals surface area contributed by atoms with Crippen LogP contribution < -0.4 is 5.73 Å². The largest absolute Gasteiger partial charge is 0.344 e. The van der Waals surface area contributed by atoms with Gasteiger partial charge in [-0.05, 0) is 0 Å². The maximum absolute atomic E-state index is 5.53. The summed E-state index contributed by atoms with van der Waals surface area (Å²) in [6, 6.07) is 0. The number of rotatable bonds is 1. The van der Waals surface area contributed by atoms with E-state index < -0.39 is 0 Å². The van der Waals surface area contributed by atoms with E-state index in [9.17, 15) is 0 Å². The summed E-state index contributed by atoms with van der Waals surface area (Å²) in [6.07, 6.45) is 2.28. The molecule has 0 heterocycles. The fraction of sp³-hybridized carbons (Fsp3) is 0.778. The average Bonchev–Trinajstić information content (AvgIpc) is 2.03. The lowest BCUT2D eigenvalue weighted by atomic mass is 10.4. The van der Waals surface area contributed by atoms with E-state index in [0.29, 0.717) is 0 Å². The van der Waals surface area contributed by atoms with Gasteiger partial charge >= 0.3 is 5.96 Å². The summed E-state index contributed by atoms with van der Waals surface area (Å²) >= 11 is 0. The van der Waals surface area contributed by atoms with Crippen LogP contribution in [-0.2, 0) is 0 Å². The van der Waals surface area contributed by atoms with Crippen LogP contribution in [0.3, 0.4) is 0 Å². The Bertz CT molecular complexity index is 122. The molecule has 0 spiro atoms. The van der Waals surface area contributed by atoms with Gasteiger partial charge in [-0.15, -0.1) is 0 Å². The first-order valence-corrected chi connectivity index (χ1v) is 4.23. The van der Waals surface area contributed by atoms with Gasteiger partial charge in [0, 0.05) is 0 Å². The Balaban J connectivity index is 0. The summed E-state index contributed by atoms with van der Waals surface area (Å²) < 4.78 is 1.86. The minimum atomic E-state index is 0.769. The summed E-state index contributed by atoms with van der Waals surface area (Å²) in [5.41, 5.74) is 5.53. The van der Waals surface area contributed by atoms with Crippen LogP contribution in [-0.4, -0.2) is 43.6 Å². The first-order chi connectivity index (χ1) is 5.47. The van der Waals surface area contributed by atoms with Crippen molar-refractivity contribution in [1.82, 2.24) is 4.90 Å². The Morgan fingerprint density at radius 2 is 1.75 bits per heavy atom. The number of hydrogen-bond acceptors (Lipinski definition) is 0. The minimum absolute atomic E-state index is 0.769. The molecule has 0 aliphatic rings. The molecule has 74 valence electrons. The molecule has 0 fully saturated rings. The second kappa shape index (κ2) is 8.37. The lowest BCUT2D eigenvalue weighted by molar-refractivity contribution is -0.470. The fourth-order valence-corrected chi connectivity index (χ4v) is 0.400. The van der Waals surface area contributed by atoms with Crippen molar-refractivity contribution in [2.45, 2.75) is 19.8 Å². The molecule has 3 nitrogen and oxygen atoms in total. The summed E-state index contributed by atoms with van der Waals surface area (Å²) in [7, 11) is 7.65. The van der Waals surface area contributed by atoms with Gasteiger partial charge < -0.3 is 6.92 Å². The molecule has 0 rings (SSSR count). The molecule has 0 bridgehead atoms. The Labute approximate surface area is 76.9 Å². The monoisotopic (exact) mass is 173 g/mol. The molecule has 0 amide bonds. The van der Waals surface area contributed by atoms with Crippen LogP contribution in [0.25, 0.3) is 0 Å². The Morgan fingerprint density at radius 3 is 1.75 bits per heavy atom. The quantitative estimate of drug-likeness (QED) is 0.275. The molecule has 3 heteroatoms. The molecule has 0 aromatic rings. The third-order valence-electron chi connectivity index (χ3n) is 1.27. The second-order valence-corrected chi connectivity index (χ2v) is 3.00. The van der Waals surface area contributed by atoms with Gasteiger partial charge in [0.15, 0.2) is 0 Å². The summed E-state index contributed by atoms with van der Waals surface area (Å²) in [5, 5.41) is 0. The van der Waals surface area contributed by atoms with Crippen LogP contribution in [0.2, 0.25) is 0 Å². The van der Waals surface area contributed by atoms with Gasteiger partial charge in [0.1, 0.15) is 0 Å². The topological polar surface area (TPSA) is 32.3 Å². The third-order valence-corrected chi connectivity index (χ3v) is 1.27. The van der Waals surface area contributed by atoms with E-state index >= 15 is 0 Å². The Hall–Kier alpha value is -0.730. The maximum atomic E-state index is 5.53. The minimum Gasteiger partial charge on any atom is -0.343 e. The molecular formula is C9H23N3. The number of nitrogens with two attached hydrogens (primary N) is 1.